The zero-order valence-corrected chi connectivity index (χ0v) is 9.67. The molecule has 0 bridgehead atoms. The van der Waals surface area contributed by atoms with Gasteiger partial charge in [-0.15, -0.1) is 0 Å². The third-order valence-electron chi connectivity index (χ3n) is 2.08. The van der Waals surface area contributed by atoms with E-state index in [0.29, 0.717) is 0 Å². The van der Waals surface area contributed by atoms with Gasteiger partial charge in [-0.05, 0) is 6.08 Å². The molecule has 0 spiro atoms. The summed E-state index contributed by atoms with van der Waals surface area (Å²) in [6.45, 7) is 5.84. The number of nitrogens with zero attached hydrogens (tertiary/aromatic N) is 1. The van der Waals surface area contributed by atoms with Crippen LogP contribution in [0.1, 0.15) is 5.56 Å². The molecule has 1 aromatic rings. The van der Waals surface area contributed by atoms with E-state index in [9.17, 15) is 0 Å². The van der Waals surface area contributed by atoms with E-state index in [1.165, 1.54) is 5.56 Å². The van der Waals surface area contributed by atoms with Crippen LogP contribution in [0.3, 0.4) is 0 Å². The molecule has 0 atom stereocenters. The maximum Gasteiger partial charge on any atom is 0.104 e. The first kappa shape index (κ1) is 13.2. The Morgan fingerprint density at radius 3 is 2.29 bits per heavy atom. The van der Waals surface area contributed by atoms with Crippen molar-refractivity contribution >= 4 is 0 Å². The van der Waals surface area contributed by atoms with Crippen LogP contribution in [0.4, 0.5) is 0 Å². The topological polar surface area (TPSA) is 0 Å². The van der Waals surface area contributed by atoms with Gasteiger partial charge in [-0.25, -0.2) is 0 Å². The summed E-state index contributed by atoms with van der Waals surface area (Å²) >= 11 is 0. The van der Waals surface area contributed by atoms with Crippen LogP contribution < -0.4 is 12.4 Å². The van der Waals surface area contributed by atoms with E-state index in [1.807, 2.05) is 6.08 Å². The predicted octanol–water partition coefficient (Wildman–Crippen LogP) is -0.547. The van der Waals surface area contributed by atoms with Gasteiger partial charge in [-0.2, -0.15) is 0 Å². The smallest absolute Gasteiger partial charge is 0.104 e. The van der Waals surface area contributed by atoms with Crippen molar-refractivity contribution in [2.24, 2.45) is 0 Å². The second-order valence-corrected chi connectivity index (χ2v) is 4.05. The van der Waals surface area contributed by atoms with Crippen LogP contribution in [0.5, 0.6) is 0 Å². The highest BCUT2D eigenvalue weighted by Gasteiger charge is 2.12. The van der Waals surface area contributed by atoms with Crippen molar-refractivity contribution in [1.82, 2.24) is 0 Å². The van der Waals surface area contributed by atoms with E-state index in [-0.39, 0.29) is 12.4 Å². The Bertz CT molecular complexity index is 267. The largest absolute Gasteiger partial charge is 1.00 e. The van der Waals surface area contributed by atoms with E-state index < -0.39 is 0 Å². The van der Waals surface area contributed by atoms with Crippen LogP contribution in [0.25, 0.3) is 0 Å². The Morgan fingerprint density at radius 2 is 1.79 bits per heavy atom. The normalized spacial score (nSPS) is 10.4. The molecule has 78 valence electrons. The summed E-state index contributed by atoms with van der Waals surface area (Å²) in [4.78, 5) is 0. The van der Waals surface area contributed by atoms with Gasteiger partial charge in [0.25, 0.3) is 0 Å². The van der Waals surface area contributed by atoms with Gasteiger partial charge in [-0.3, -0.25) is 0 Å². The molecule has 1 nitrogen and oxygen atoms in total. The lowest BCUT2D eigenvalue weighted by Crippen LogP contribution is -3.00. The fraction of sp³-hybridized carbons (Fsp3) is 0.333. The maximum absolute atomic E-state index is 3.77. The van der Waals surface area contributed by atoms with E-state index in [4.69, 9.17) is 0 Å². The highest BCUT2D eigenvalue weighted by atomic mass is 35.5. The molecule has 0 saturated carbocycles. The van der Waals surface area contributed by atoms with Crippen LogP contribution in [-0.2, 0) is 6.54 Å². The summed E-state index contributed by atoms with van der Waals surface area (Å²) in [7, 11) is 4.43. The zero-order chi connectivity index (χ0) is 9.73. The van der Waals surface area contributed by atoms with E-state index in [0.717, 1.165) is 17.6 Å². The Hall–Kier alpha value is -0.790. The van der Waals surface area contributed by atoms with Gasteiger partial charge < -0.3 is 16.9 Å². The summed E-state index contributed by atoms with van der Waals surface area (Å²) in [5.74, 6) is 0. The number of likely N-dealkylation sites (N-methyl/N-ethyl adjacent to an activating group) is 1. The van der Waals surface area contributed by atoms with Crippen molar-refractivity contribution in [3.05, 3.63) is 48.6 Å². The Kier molecular flexibility index (Phi) is 5.51. The maximum atomic E-state index is 3.77. The standard InChI is InChI=1S/C12H18N.ClH/c1-4-10-13(2,3)11-12-8-6-5-7-9-12;/h4-9H,1,10-11H2,2-3H3;1H/q+1;/p-1. The number of benzene rings is 1. The Morgan fingerprint density at radius 1 is 1.21 bits per heavy atom. The first-order valence-corrected chi connectivity index (χ1v) is 4.61. The highest BCUT2D eigenvalue weighted by molar-refractivity contribution is 5.13. The summed E-state index contributed by atoms with van der Waals surface area (Å²) in [6, 6.07) is 10.6. The first-order chi connectivity index (χ1) is 6.14. The minimum Gasteiger partial charge on any atom is -1.00 e. The molecule has 1 rings (SSSR count). The molecule has 1 aromatic carbocycles. The van der Waals surface area contributed by atoms with Crippen LogP contribution in [0.15, 0.2) is 43.0 Å². The molecule has 0 aliphatic carbocycles. The molecule has 0 amide bonds. The third kappa shape index (κ3) is 4.45. The highest BCUT2D eigenvalue weighted by Crippen LogP contribution is 2.08. The lowest BCUT2D eigenvalue weighted by atomic mass is 10.2. The van der Waals surface area contributed by atoms with Crippen molar-refractivity contribution < 1.29 is 16.9 Å². The second-order valence-electron chi connectivity index (χ2n) is 4.05. The number of quaternary nitrogens is 1. The Labute approximate surface area is 93.1 Å². The monoisotopic (exact) mass is 211 g/mol. The van der Waals surface area contributed by atoms with Crippen molar-refractivity contribution in [2.45, 2.75) is 6.54 Å². The summed E-state index contributed by atoms with van der Waals surface area (Å²) in [5.41, 5.74) is 1.38. The quantitative estimate of drug-likeness (QED) is 0.464. The summed E-state index contributed by atoms with van der Waals surface area (Å²) in [5, 5.41) is 0. The molecule has 14 heavy (non-hydrogen) atoms. The molecule has 0 unspecified atom stereocenters. The van der Waals surface area contributed by atoms with Crippen molar-refractivity contribution in [1.29, 1.82) is 0 Å². The number of halogens is 1. The molecule has 0 heterocycles. The van der Waals surface area contributed by atoms with Gasteiger partial charge >= 0.3 is 0 Å². The lowest BCUT2D eigenvalue weighted by Gasteiger charge is -2.28. The molecule has 0 saturated heterocycles. The molecular formula is C12H18ClN. The van der Waals surface area contributed by atoms with Gasteiger partial charge in [-0.1, -0.05) is 36.9 Å². The van der Waals surface area contributed by atoms with Gasteiger partial charge in [0.1, 0.15) is 6.54 Å². The minimum atomic E-state index is 0. The number of hydrogen-bond donors (Lipinski definition) is 0. The van der Waals surface area contributed by atoms with Gasteiger partial charge in [0.2, 0.25) is 0 Å². The van der Waals surface area contributed by atoms with E-state index >= 15 is 0 Å². The summed E-state index contributed by atoms with van der Waals surface area (Å²) in [6.07, 6.45) is 1.98. The van der Waals surface area contributed by atoms with Gasteiger partial charge in [0, 0.05) is 5.56 Å². The first-order valence-electron chi connectivity index (χ1n) is 4.61. The molecule has 0 aromatic heterocycles. The molecular weight excluding hydrogens is 194 g/mol. The Balaban J connectivity index is 0.00000169. The molecule has 0 aliphatic heterocycles. The van der Waals surface area contributed by atoms with Crippen LogP contribution in [0, 0.1) is 0 Å². The minimum absolute atomic E-state index is 0. The molecule has 0 aliphatic rings. The zero-order valence-electron chi connectivity index (χ0n) is 8.91. The van der Waals surface area contributed by atoms with Gasteiger partial charge in [0.15, 0.2) is 0 Å². The average Bonchev–Trinajstić information content (AvgIpc) is 2.04. The second kappa shape index (κ2) is 5.84. The predicted molar refractivity (Wildman–Crippen MR) is 57.3 cm³/mol. The van der Waals surface area contributed by atoms with E-state index in [1.54, 1.807) is 0 Å². The number of rotatable bonds is 4. The fourth-order valence-corrected chi connectivity index (χ4v) is 1.49. The van der Waals surface area contributed by atoms with Crippen LogP contribution in [0.2, 0.25) is 0 Å². The third-order valence-corrected chi connectivity index (χ3v) is 2.08. The van der Waals surface area contributed by atoms with Gasteiger partial charge in [0.05, 0.1) is 20.6 Å². The molecule has 0 N–H and O–H groups in total. The SMILES string of the molecule is C=CC[N+](C)(C)Cc1ccccc1.[Cl-]. The molecule has 0 radical (unpaired) electrons. The van der Waals surface area contributed by atoms with Crippen molar-refractivity contribution in [2.75, 3.05) is 20.6 Å². The van der Waals surface area contributed by atoms with Crippen LogP contribution >= 0.6 is 0 Å². The van der Waals surface area contributed by atoms with E-state index in [2.05, 4.69) is 51.0 Å². The average molecular weight is 212 g/mol. The van der Waals surface area contributed by atoms with Crippen molar-refractivity contribution in [3.63, 3.8) is 0 Å². The number of hydrogen-bond acceptors (Lipinski definition) is 0. The van der Waals surface area contributed by atoms with Crippen LogP contribution in [-0.4, -0.2) is 25.1 Å². The molecule has 2 heteroatoms. The summed E-state index contributed by atoms with van der Waals surface area (Å²) < 4.78 is 0.966. The fourth-order valence-electron chi connectivity index (χ4n) is 1.49. The molecule has 0 fully saturated rings. The lowest BCUT2D eigenvalue weighted by molar-refractivity contribution is -0.897. The van der Waals surface area contributed by atoms with Crippen molar-refractivity contribution in [3.8, 4) is 0 Å².